The van der Waals surface area contributed by atoms with Gasteiger partial charge in [0, 0.05) is 17.7 Å². The van der Waals surface area contributed by atoms with Gasteiger partial charge in [0.2, 0.25) is 0 Å². The summed E-state index contributed by atoms with van der Waals surface area (Å²) in [5, 5.41) is 11.4. The maximum atomic E-state index is 14.6. The Morgan fingerprint density at radius 2 is 1.70 bits per heavy atom. The maximum absolute atomic E-state index is 14.6. The summed E-state index contributed by atoms with van der Waals surface area (Å²) < 4.78 is 55.6. The molecule has 1 atom stereocenters. The Morgan fingerprint density at radius 3 is 2.24 bits per heavy atom. The van der Waals surface area contributed by atoms with E-state index >= 15 is 0 Å². The van der Waals surface area contributed by atoms with Crippen LogP contribution in [0, 0.1) is 23.1 Å². The van der Waals surface area contributed by atoms with Gasteiger partial charge in [0.1, 0.15) is 17.2 Å². The Labute approximate surface area is 267 Å². The summed E-state index contributed by atoms with van der Waals surface area (Å²) in [6.45, 7) is 10.5. The molecule has 1 aliphatic heterocycles. The minimum Gasteiger partial charge on any atom is -0.481 e. The van der Waals surface area contributed by atoms with Crippen LogP contribution in [0.1, 0.15) is 113 Å². The van der Waals surface area contributed by atoms with Gasteiger partial charge in [-0.2, -0.15) is 13.2 Å². The summed E-state index contributed by atoms with van der Waals surface area (Å²) in [4.78, 5) is 44.5. The number of aliphatic carboxylic acids is 1. The number of halogens is 4. The molecule has 1 aliphatic carbocycles. The van der Waals surface area contributed by atoms with Gasteiger partial charge in [-0.05, 0) is 91.7 Å². The number of benzene rings is 2. The summed E-state index contributed by atoms with van der Waals surface area (Å²) in [5.74, 6) is -2.29. The normalized spacial score (nSPS) is 21.1. The van der Waals surface area contributed by atoms with E-state index in [2.05, 4.69) is 39.9 Å². The van der Waals surface area contributed by atoms with Crippen LogP contribution in [0.2, 0.25) is 0 Å². The molecule has 4 rings (SSSR count). The van der Waals surface area contributed by atoms with Gasteiger partial charge in [-0.25, -0.2) is 4.39 Å². The molecule has 11 heteroatoms. The fraction of sp³-hybridized carbons (Fsp3) is 0.543. The first kappa shape index (κ1) is 35.1. The zero-order chi connectivity index (χ0) is 34.0. The van der Waals surface area contributed by atoms with Gasteiger partial charge >= 0.3 is 12.1 Å². The molecule has 46 heavy (non-hydrogen) atoms. The molecule has 2 aromatic carbocycles. The van der Waals surface area contributed by atoms with Crippen LogP contribution in [0.25, 0.3) is 0 Å². The zero-order valence-corrected chi connectivity index (χ0v) is 27.0. The molecule has 1 fully saturated rings. The van der Waals surface area contributed by atoms with Gasteiger partial charge < -0.3 is 15.3 Å². The van der Waals surface area contributed by atoms with Crippen LogP contribution >= 0.6 is 0 Å². The van der Waals surface area contributed by atoms with Crippen molar-refractivity contribution in [3.05, 3.63) is 70.5 Å². The summed E-state index contributed by atoms with van der Waals surface area (Å²) in [6.07, 6.45) is -1.21. The summed E-state index contributed by atoms with van der Waals surface area (Å²) >= 11 is 0. The molecular formula is C35H43F4N3O4. The maximum Gasteiger partial charge on any atom is 0.416 e. The highest BCUT2D eigenvalue weighted by molar-refractivity contribution is 6.46. The highest BCUT2D eigenvalue weighted by Gasteiger charge is 2.52. The second kappa shape index (κ2) is 13.5. The quantitative estimate of drug-likeness (QED) is 0.258. The van der Waals surface area contributed by atoms with E-state index in [0.717, 1.165) is 30.5 Å². The van der Waals surface area contributed by atoms with Crippen LogP contribution < -0.4 is 5.32 Å². The molecular weight excluding hydrogens is 602 g/mol. The van der Waals surface area contributed by atoms with Gasteiger partial charge in [0.05, 0.1) is 18.0 Å². The van der Waals surface area contributed by atoms with Gasteiger partial charge in [-0.3, -0.25) is 19.4 Å². The monoisotopic (exact) mass is 645 g/mol. The molecule has 7 nitrogen and oxygen atoms in total. The number of carboxylic acids is 1. The molecule has 0 saturated heterocycles. The Kier molecular flexibility index (Phi) is 10.3. The van der Waals surface area contributed by atoms with Crippen molar-refractivity contribution in [2.45, 2.75) is 97.4 Å². The number of carboxylic acid groups (broad SMARTS) is 1. The Morgan fingerprint density at radius 1 is 1.07 bits per heavy atom. The molecule has 250 valence electrons. The Hall–Kier alpha value is -3.76. The van der Waals surface area contributed by atoms with Crippen molar-refractivity contribution in [1.82, 2.24) is 10.2 Å². The van der Waals surface area contributed by atoms with E-state index in [4.69, 9.17) is 10.1 Å². The van der Waals surface area contributed by atoms with Crippen LogP contribution in [0.3, 0.4) is 0 Å². The molecule has 0 unspecified atom stereocenters. The van der Waals surface area contributed by atoms with Crippen LogP contribution in [0.5, 0.6) is 0 Å². The summed E-state index contributed by atoms with van der Waals surface area (Å²) in [5.41, 5.74) is -1.64. The lowest BCUT2D eigenvalue weighted by Gasteiger charge is -2.46. The molecule has 2 aromatic rings. The Balaban J connectivity index is 1.77. The lowest BCUT2D eigenvalue weighted by molar-refractivity contribution is -0.138. The summed E-state index contributed by atoms with van der Waals surface area (Å²) in [6, 6.07) is 8.35. The molecule has 1 saturated carbocycles. The number of alkyl halides is 3. The van der Waals surface area contributed by atoms with Gasteiger partial charge in [0.25, 0.3) is 11.8 Å². The highest BCUT2D eigenvalue weighted by atomic mass is 19.4. The number of rotatable bonds is 10. The minimum atomic E-state index is -4.80. The van der Waals surface area contributed by atoms with Crippen molar-refractivity contribution < 1.29 is 37.1 Å². The number of carbonyl (C=O) groups is 3. The third-order valence-electron chi connectivity index (χ3n) is 9.12. The number of aliphatic imine (C=N–C) groups is 1. The SMILES string of the molecule is CC(C)C1CCC2(CC1)N=C(c1cc(F)cc(C(F)(F)F)c1)C(=O)N2[C@H](CCC(C)(C)C)c1ccc(C(=O)NCCC(=O)O)cc1. The Bertz CT molecular complexity index is 1470. The van der Waals surface area contributed by atoms with E-state index in [1.165, 1.54) is 0 Å². The van der Waals surface area contributed by atoms with E-state index in [-0.39, 0.29) is 29.7 Å². The van der Waals surface area contributed by atoms with Crippen molar-refractivity contribution in [3.63, 3.8) is 0 Å². The first-order chi connectivity index (χ1) is 21.4. The molecule has 0 bridgehead atoms. The number of amides is 2. The third kappa shape index (κ3) is 8.14. The first-order valence-corrected chi connectivity index (χ1v) is 15.8. The molecule has 1 spiro atoms. The fourth-order valence-electron chi connectivity index (χ4n) is 6.50. The van der Waals surface area contributed by atoms with E-state index in [0.29, 0.717) is 49.1 Å². The van der Waals surface area contributed by atoms with Crippen molar-refractivity contribution in [2.75, 3.05) is 6.54 Å². The highest BCUT2D eigenvalue weighted by Crippen LogP contribution is 2.48. The number of nitrogens with one attached hydrogen (secondary N) is 1. The summed E-state index contributed by atoms with van der Waals surface area (Å²) in [7, 11) is 0. The molecule has 2 amide bonds. The molecule has 0 aromatic heterocycles. The minimum absolute atomic E-state index is 0.0253. The largest absolute Gasteiger partial charge is 0.481 e. The molecule has 2 N–H and O–H groups in total. The standard InChI is InChI=1S/C35H43F4N3O4/c1-21(2)22-10-15-34(16-11-22)41-30(25-18-26(35(37,38)39)20-27(36)19-25)32(46)42(34)28(12-14-33(3,4)5)23-6-8-24(9-7-23)31(45)40-17-13-29(43)44/h6-9,18-22,28H,10-17H2,1-5H3,(H,40,45)(H,43,44)/t22?,28-,34?/m1/s1. The average Bonchev–Trinajstić information content (AvgIpc) is 3.23. The predicted molar refractivity (Wildman–Crippen MR) is 167 cm³/mol. The van der Waals surface area contributed by atoms with Crippen molar-refractivity contribution in [1.29, 1.82) is 0 Å². The van der Waals surface area contributed by atoms with Gasteiger partial charge in [-0.1, -0.05) is 46.8 Å². The smallest absolute Gasteiger partial charge is 0.416 e. The van der Waals surface area contributed by atoms with Crippen molar-refractivity contribution in [2.24, 2.45) is 22.2 Å². The van der Waals surface area contributed by atoms with Crippen LogP contribution in [0.15, 0.2) is 47.5 Å². The van der Waals surface area contributed by atoms with E-state index in [1.807, 2.05) is 0 Å². The predicted octanol–water partition coefficient (Wildman–Crippen LogP) is 7.79. The van der Waals surface area contributed by atoms with Crippen molar-refractivity contribution >= 4 is 23.5 Å². The zero-order valence-electron chi connectivity index (χ0n) is 27.0. The number of hydrogen-bond donors (Lipinski definition) is 2. The van der Waals surface area contributed by atoms with E-state index in [1.54, 1.807) is 29.2 Å². The molecule has 0 radical (unpaired) electrons. The van der Waals surface area contributed by atoms with E-state index < -0.39 is 47.0 Å². The topological polar surface area (TPSA) is 99.1 Å². The average molecular weight is 646 g/mol. The number of hydrogen-bond acceptors (Lipinski definition) is 4. The first-order valence-electron chi connectivity index (χ1n) is 15.8. The third-order valence-corrected chi connectivity index (χ3v) is 9.12. The van der Waals surface area contributed by atoms with Gasteiger partial charge in [-0.15, -0.1) is 0 Å². The second-order valence-electron chi connectivity index (χ2n) is 14.1. The van der Waals surface area contributed by atoms with E-state index in [9.17, 15) is 31.9 Å². The van der Waals surface area contributed by atoms with Gasteiger partial charge in [0.15, 0.2) is 0 Å². The van der Waals surface area contributed by atoms with Crippen molar-refractivity contribution in [3.8, 4) is 0 Å². The van der Waals surface area contributed by atoms with Crippen LogP contribution in [-0.2, 0) is 15.8 Å². The van der Waals surface area contributed by atoms with Crippen LogP contribution in [0.4, 0.5) is 17.6 Å². The number of carbonyl (C=O) groups excluding carboxylic acids is 2. The van der Waals surface area contributed by atoms with Crippen LogP contribution in [-0.4, -0.2) is 45.7 Å². The number of nitrogens with zero attached hydrogens (tertiary/aromatic N) is 2. The lowest BCUT2D eigenvalue weighted by atomic mass is 9.75. The molecule has 1 heterocycles. The lowest BCUT2D eigenvalue weighted by Crippen LogP contribution is -2.51. The second-order valence-corrected chi connectivity index (χ2v) is 14.1. The molecule has 2 aliphatic rings. The fourth-order valence-corrected chi connectivity index (χ4v) is 6.50.